The number of amides is 1. The second-order valence-corrected chi connectivity index (χ2v) is 3.86. The molecule has 1 saturated heterocycles. The lowest BCUT2D eigenvalue weighted by Crippen LogP contribution is -2.44. The van der Waals surface area contributed by atoms with Crippen molar-refractivity contribution in [3.8, 4) is 0 Å². The van der Waals surface area contributed by atoms with Gasteiger partial charge in [-0.2, -0.15) is 0 Å². The summed E-state index contributed by atoms with van der Waals surface area (Å²) in [5.74, 6) is 0.183. The van der Waals surface area contributed by atoms with Crippen molar-refractivity contribution < 1.29 is 4.79 Å². The number of hydrogen-bond acceptors (Lipinski definition) is 2. The van der Waals surface area contributed by atoms with Crippen LogP contribution in [0, 0.1) is 0 Å². The van der Waals surface area contributed by atoms with Crippen molar-refractivity contribution in [3.05, 3.63) is 10.6 Å². The number of nitrogens with zero attached hydrogens (tertiary/aromatic N) is 1. The molecule has 2 nitrogen and oxygen atoms in total. The molecular formula is C5H4ClNOS. The topological polar surface area (TPSA) is 20.3 Å². The SMILES string of the molecule is O=C1C[C@H]2SC(Cl)=CN12. The van der Waals surface area contributed by atoms with Crippen molar-refractivity contribution in [3.63, 3.8) is 0 Å². The van der Waals surface area contributed by atoms with Crippen LogP contribution in [0.2, 0.25) is 0 Å². The smallest absolute Gasteiger partial charge is 0.230 e. The second-order valence-electron chi connectivity index (χ2n) is 2.01. The third-order valence-electron chi connectivity index (χ3n) is 1.44. The van der Waals surface area contributed by atoms with Gasteiger partial charge in [-0.15, -0.1) is 0 Å². The molecule has 1 atom stereocenters. The highest BCUT2D eigenvalue weighted by Gasteiger charge is 2.39. The molecule has 0 saturated carbocycles. The number of β-lactam (4-membered cyclic amide) rings is 1. The van der Waals surface area contributed by atoms with E-state index in [0.717, 1.165) is 4.36 Å². The van der Waals surface area contributed by atoms with Crippen LogP contribution in [0.4, 0.5) is 0 Å². The van der Waals surface area contributed by atoms with Crippen LogP contribution < -0.4 is 0 Å². The Morgan fingerprint density at radius 2 is 2.67 bits per heavy atom. The average molecular weight is 162 g/mol. The summed E-state index contributed by atoms with van der Waals surface area (Å²) in [6.07, 6.45) is 2.35. The number of halogens is 1. The molecule has 48 valence electrons. The van der Waals surface area contributed by atoms with Crippen molar-refractivity contribution in [2.45, 2.75) is 11.8 Å². The summed E-state index contributed by atoms with van der Waals surface area (Å²) in [4.78, 5) is 12.3. The Hall–Kier alpha value is -0.150. The van der Waals surface area contributed by atoms with Crippen LogP contribution in [-0.2, 0) is 4.79 Å². The summed E-state index contributed by atoms with van der Waals surface area (Å²) < 4.78 is 0.728. The first-order valence-corrected chi connectivity index (χ1v) is 3.88. The molecule has 0 radical (unpaired) electrons. The van der Waals surface area contributed by atoms with Crippen molar-refractivity contribution >= 4 is 29.3 Å². The normalized spacial score (nSPS) is 31.7. The monoisotopic (exact) mass is 161 g/mol. The molecule has 0 bridgehead atoms. The lowest BCUT2D eigenvalue weighted by Gasteiger charge is -2.31. The molecule has 2 aliphatic heterocycles. The summed E-state index contributed by atoms with van der Waals surface area (Å²) in [5, 5.41) is 0.324. The summed E-state index contributed by atoms with van der Waals surface area (Å²) in [6.45, 7) is 0. The first kappa shape index (κ1) is 5.62. The van der Waals surface area contributed by atoms with E-state index in [9.17, 15) is 4.79 Å². The number of hydrogen-bond donors (Lipinski definition) is 0. The number of carbonyl (C=O) groups excluding carboxylic acids is 1. The lowest BCUT2D eigenvalue weighted by atomic mass is 10.2. The van der Waals surface area contributed by atoms with Gasteiger partial charge in [-0.25, -0.2) is 0 Å². The Morgan fingerprint density at radius 3 is 3.11 bits per heavy atom. The van der Waals surface area contributed by atoms with Crippen LogP contribution in [0.15, 0.2) is 10.6 Å². The molecule has 0 aliphatic carbocycles. The van der Waals surface area contributed by atoms with Gasteiger partial charge in [0.1, 0.15) is 0 Å². The average Bonchev–Trinajstić information content (AvgIpc) is 2.08. The van der Waals surface area contributed by atoms with Crippen LogP contribution in [0.5, 0.6) is 0 Å². The molecular weight excluding hydrogens is 158 g/mol. The molecule has 2 aliphatic rings. The van der Waals surface area contributed by atoms with Crippen molar-refractivity contribution in [2.75, 3.05) is 0 Å². The van der Waals surface area contributed by atoms with Gasteiger partial charge in [0.15, 0.2) is 0 Å². The van der Waals surface area contributed by atoms with Gasteiger partial charge in [-0.3, -0.25) is 4.79 Å². The maximum absolute atomic E-state index is 10.7. The zero-order valence-electron chi connectivity index (χ0n) is 4.50. The van der Waals surface area contributed by atoms with Gasteiger partial charge in [0, 0.05) is 6.20 Å². The highest BCUT2D eigenvalue weighted by molar-refractivity contribution is 8.05. The highest BCUT2D eigenvalue weighted by atomic mass is 35.5. The standard InChI is InChI=1S/C5H4ClNOS/c6-3-2-7-4(8)1-5(7)9-3/h2,5H,1H2/t5-/m1/s1. The van der Waals surface area contributed by atoms with Crippen LogP contribution >= 0.6 is 23.4 Å². The molecule has 0 spiro atoms. The number of rotatable bonds is 0. The van der Waals surface area contributed by atoms with Gasteiger partial charge in [-0.05, 0) is 0 Å². The number of carbonyl (C=O) groups is 1. The minimum atomic E-state index is 0.183. The number of thioether (sulfide) groups is 1. The maximum Gasteiger partial charge on any atom is 0.230 e. The van der Waals surface area contributed by atoms with E-state index >= 15 is 0 Å². The minimum Gasteiger partial charge on any atom is -0.304 e. The Morgan fingerprint density at radius 1 is 1.89 bits per heavy atom. The van der Waals surface area contributed by atoms with E-state index in [1.807, 2.05) is 0 Å². The summed E-state index contributed by atoms with van der Waals surface area (Å²) in [5.41, 5.74) is 0. The third kappa shape index (κ3) is 0.682. The van der Waals surface area contributed by atoms with Crippen LogP contribution in [0.1, 0.15) is 6.42 Å². The summed E-state index contributed by atoms with van der Waals surface area (Å²) in [7, 11) is 0. The van der Waals surface area contributed by atoms with Crippen LogP contribution in [0.3, 0.4) is 0 Å². The molecule has 2 rings (SSSR count). The molecule has 0 N–H and O–H groups in total. The quantitative estimate of drug-likeness (QED) is 0.500. The fraction of sp³-hybridized carbons (Fsp3) is 0.400. The molecule has 1 fully saturated rings. The van der Waals surface area contributed by atoms with E-state index in [4.69, 9.17) is 11.6 Å². The van der Waals surface area contributed by atoms with Gasteiger partial charge in [0.25, 0.3) is 0 Å². The Balaban J connectivity index is 2.21. The lowest BCUT2D eigenvalue weighted by molar-refractivity contribution is -0.137. The summed E-state index contributed by atoms with van der Waals surface area (Å²) in [6, 6.07) is 0. The van der Waals surface area contributed by atoms with E-state index in [1.54, 1.807) is 22.9 Å². The Labute approximate surface area is 61.8 Å². The zero-order chi connectivity index (χ0) is 6.43. The van der Waals surface area contributed by atoms with Crippen molar-refractivity contribution in [1.29, 1.82) is 0 Å². The number of fused-ring (bicyclic) bond motifs is 1. The molecule has 1 amide bonds. The fourth-order valence-corrected chi connectivity index (χ4v) is 2.29. The fourth-order valence-electron chi connectivity index (χ4n) is 0.925. The van der Waals surface area contributed by atoms with Crippen molar-refractivity contribution in [2.24, 2.45) is 0 Å². The molecule has 9 heavy (non-hydrogen) atoms. The molecule has 0 aromatic heterocycles. The second kappa shape index (κ2) is 1.67. The van der Waals surface area contributed by atoms with E-state index in [1.165, 1.54) is 0 Å². The predicted octanol–water partition coefficient (Wildman–Crippen LogP) is 1.33. The Kier molecular flexibility index (Phi) is 1.04. The van der Waals surface area contributed by atoms with E-state index < -0.39 is 0 Å². The first-order chi connectivity index (χ1) is 4.27. The van der Waals surface area contributed by atoms with Crippen LogP contribution in [0.25, 0.3) is 0 Å². The van der Waals surface area contributed by atoms with Gasteiger partial charge in [-0.1, -0.05) is 23.4 Å². The Bertz CT molecular complexity index is 203. The van der Waals surface area contributed by atoms with Gasteiger partial charge < -0.3 is 4.90 Å². The van der Waals surface area contributed by atoms with E-state index in [2.05, 4.69) is 0 Å². The molecule has 0 unspecified atom stereocenters. The van der Waals surface area contributed by atoms with E-state index in [-0.39, 0.29) is 5.91 Å². The van der Waals surface area contributed by atoms with Gasteiger partial charge in [0.2, 0.25) is 5.91 Å². The van der Waals surface area contributed by atoms with Gasteiger partial charge in [0.05, 0.1) is 16.2 Å². The maximum atomic E-state index is 10.7. The first-order valence-electron chi connectivity index (χ1n) is 2.62. The van der Waals surface area contributed by atoms with E-state index in [0.29, 0.717) is 11.8 Å². The molecule has 0 aromatic carbocycles. The zero-order valence-corrected chi connectivity index (χ0v) is 6.08. The predicted molar refractivity (Wildman–Crippen MR) is 36.8 cm³/mol. The summed E-state index contributed by atoms with van der Waals surface area (Å²) >= 11 is 7.19. The van der Waals surface area contributed by atoms with Gasteiger partial charge >= 0.3 is 0 Å². The largest absolute Gasteiger partial charge is 0.304 e. The third-order valence-corrected chi connectivity index (χ3v) is 2.80. The molecule has 0 aromatic rings. The molecule has 2 heterocycles. The molecule has 4 heteroatoms. The highest BCUT2D eigenvalue weighted by Crippen LogP contribution is 2.42. The van der Waals surface area contributed by atoms with Crippen molar-refractivity contribution in [1.82, 2.24) is 4.90 Å². The minimum absolute atomic E-state index is 0.183. The van der Waals surface area contributed by atoms with Crippen LogP contribution in [-0.4, -0.2) is 16.2 Å².